The van der Waals surface area contributed by atoms with Gasteiger partial charge in [0.2, 0.25) is 11.8 Å². The van der Waals surface area contributed by atoms with Gasteiger partial charge in [-0.2, -0.15) is 0 Å². The molecule has 0 aliphatic heterocycles. The molecule has 21 heavy (non-hydrogen) atoms. The highest BCUT2D eigenvalue weighted by Crippen LogP contribution is 2.23. The maximum atomic E-state index is 12.4. The third-order valence-electron chi connectivity index (χ3n) is 2.75. The molecule has 3 aromatic heterocycles. The van der Waals surface area contributed by atoms with E-state index < -0.39 is 0 Å². The fourth-order valence-corrected chi connectivity index (χ4v) is 3.50. The lowest BCUT2D eigenvalue weighted by Crippen LogP contribution is -2.22. The molecule has 3 aromatic rings. The van der Waals surface area contributed by atoms with Crippen LogP contribution >= 0.6 is 23.1 Å². The van der Waals surface area contributed by atoms with Crippen molar-refractivity contribution in [3.05, 3.63) is 46.2 Å². The summed E-state index contributed by atoms with van der Waals surface area (Å²) in [6.45, 7) is 5.85. The van der Waals surface area contributed by atoms with Crippen LogP contribution in [0.25, 0.3) is 10.2 Å². The molecule has 0 spiro atoms. The van der Waals surface area contributed by atoms with Gasteiger partial charge in [-0.05, 0) is 11.4 Å². The average molecular weight is 320 g/mol. The van der Waals surface area contributed by atoms with E-state index in [1.807, 2.05) is 5.38 Å². The van der Waals surface area contributed by atoms with E-state index in [9.17, 15) is 4.79 Å². The first-order valence-corrected chi connectivity index (χ1v) is 8.06. The minimum Gasteiger partial charge on any atom is -0.425 e. The monoisotopic (exact) mass is 320 g/mol. The third kappa shape index (κ3) is 2.77. The van der Waals surface area contributed by atoms with Crippen LogP contribution in [0.3, 0.4) is 0 Å². The van der Waals surface area contributed by atoms with Gasteiger partial charge < -0.3 is 4.42 Å². The standard InChI is InChI=1S/C13H12N4O2S2/c1-3-5-17-12(18)9-4-6-20-11(9)14-13(17)21-7-10-16-15-8(2)19-10/h3-4,6H,1,5,7H2,2H3. The highest BCUT2D eigenvalue weighted by Gasteiger charge is 2.13. The zero-order chi connectivity index (χ0) is 14.8. The van der Waals surface area contributed by atoms with Gasteiger partial charge in [0.25, 0.3) is 5.56 Å². The van der Waals surface area contributed by atoms with E-state index in [0.29, 0.717) is 34.6 Å². The van der Waals surface area contributed by atoms with E-state index in [2.05, 4.69) is 21.8 Å². The summed E-state index contributed by atoms with van der Waals surface area (Å²) in [5.41, 5.74) is -0.0506. The van der Waals surface area contributed by atoms with Gasteiger partial charge in [-0.3, -0.25) is 9.36 Å². The normalized spacial score (nSPS) is 11.1. The van der Waals surface area contributed by atoms with Crippen LogP contribution in [0, 0.1) is 6.92 Å². The summed E-state index contributed by atoms with van der Waals surface area (Å²) < 4.78 is 6.94. The predicted molar refractivity (Wildman–Crippen MR) is 82.7 cm³/mol. The summed E-state index contributed by atoms with van der Waals surface area (Å²) >= 11 is 2.85. The summed E-state index contributed by atoms with van der Waals surface area (Å²) in [6.07, 6.45) is 1.68. The van der Waals surface area contributed by atoms with Crippen molar-refractivity contribution in [2.24, 2.45) is 0 Å². The molecular formula is C13H12N4O2S2. The van der Waals surface area contributed by atoms with Gasteiger partial charge in [0, 0.05) is 13.5 Å². The molecule has 0 unspecified atom stereocenters. The molecule has 3 rings (SSSR count). The van der Waals surface area contributed by atoms with Crippen molar-refractivity contribution < 1.29 is 4.42 Å². The Balaban J connectivity index is 1.97. The van der Waals surface area contributed by atoms with Crippen molar-refractivity contribution >= 4 is 33.3 Å². The van der Waals surface area contributed by atoms with Crippen LogP contribution in [0.5, 0.6) is 0 Å². The Morgan fingerprint density at radius 1 is 1.52 bits per heavy atom. The lowest BCUT2D eigenvalue weighted by atomic mass is 10.4. The van der Waals surface area contributed by atoms with Crippen molar-refractivity contribution in [1.82, 2.24) is 19.7 Å². The molecule has 0 aliphatic rings. The molecule has 0 saturated heterocycles. The summed E-state index contributed by atoms with van der Waals surface area (Å²) in [4.78, 5) is 17.7. The maximum absolute atomic E-state index is 12.4. The second-order valence-electron chi connectivity index (χ2n) is 4.24. The van der Waals surface area contributed by atoms with Crippen molar-refractivity contribution in [3.8, 4) is 0 Å². The van der Waals surface area contributed by atoms with E-state index in [4.69, 9.17) is 4.42 Å². The van der Waals surface area contributed by atoms with Crippen LogP contribution in [0.4, 0.5) is 0 Å². The van der Waals surface area contributed by atoms with Crippen LogP contribution in [-0.4, -0.2) is 19.7 Å². The first kappa shape index (κ1) is 14.0. The minimum absolute atomic E-state index is 0.0506. The van der Waals surface area contributed by atoms with Gasteiger partial charge in [-0.1, -0.05) is 17.8 Å². The number of aryl methyl sites for hydroxylation is 1. The Morgan fingerprint density at radius 2 is 2.38 bits per heavy atom. The van der Waals surface area contributed by atoms with Gasteiger partial charge in [-0.25, -0.2) is 4.98 Å². The van der Waals surface area contributed by atoms with E-state index >= 15 is 0 Å². The minimum atomic E-state index is -0.0506. The Labute approximate surface area is 128 Å². The molecule has 3 heterocycles. The number of rotatable bonds is 5. The van der Waals surface area contributed by atoms with Crippen LogP contribution in [-0.2, 0) is 12.3 Å². The Hall–Kier alpha value is -1.93. The highest BCUT2D eigenvalue weighted by atomic mass is 32.2. The topological polar surface area (TPSA) is 73.8 Å². The molecular weight excluding hydrogens is 308 g/mol. The highest BCUT2D eigenvalue weighted by molar-refractivity contribution is 7.98. The van der Waals surface area contributed by atoms with Gasteiger partial charge in [0.1, 0.15) is 4.83 Å². The third-order valence-corrected chi connectivity index (χ3v) is 4.52. The molecule has 0 N–H and O–H groups in total. The number of nitrogens with zero attached hydrogens (tertiary/aromatic N) is 4. The molecule has 0 aliphatic carbocycles. The van der Waals surface area contributed by atoms with Crippen LogP contribution in [0.2, 0.25) is 0 Å². The number of hydrogen-bond donors (Lipinski definition) is 0. The van der Waals surface area contributed by atoms with Crippen LogP contribution < -0.4 is 5.56 Å². The number of thioether (sulfide) groups is 1. The average Bonchev–Trinajstić information content (AvgIpc) is 3.09. The zero-order valence-corrected chi connectivity index (χ0v) is 12.9. The molecule has 8 heteroatoms. The smallest absolute Gasteiger partial charge is 0.263 e. The van der Waals surface area contributed by atoms with E-state index in [0.717, 1.165) is 4.83 Å². The van der Waals surface area contributed by atoms with Crippen molar-refractivity contribution in [1.29, 1.82) is 0 Å². The van der Waals surface area contributed by atoms with Gasteiger partial charge in [0.05, 0.1) is 11.1 Å². The summed E-state index contributed by atoms with van der Waals surface area (Å²) in [5.74, 6) is 1.51. The number of aromatic nitrogens is 4. The summed E-state index contributed by atoms with van der Waals surface area (Å²) in [6, 6.07) is 1.80. The van der Waals surface area contributed by atoms with Gasteiger partial charge >= 0.3 is 0 Å². The number of hydrogen-bond acceptors (Lipinski definition) is 7. The van der Waals surface area contributed by atoms with Crippen LogP contribution in [0.15, 0.2) is 38.5 Å². The number of thiophene rings is 1. The predicted octanol–water partition coefficient (Wildman–Crippen LogP) is 2.63. The molecule has 0 atom stereocenters. The molecule has 0 radical (unpaired) electrons. The Kier molecular flexibility index (Phi) is 3.89. The van der Waals surface area contributed by atoms with Crippen molar-refractivity contribution in [3.63, 3.8) is 0 Å². The van der Waals surface area contributed by atoms with E-state index in [1.165, 1.54) is 23.1 Å². The van der Waals surface area contributed by atoms with Crippen molar-refractivity contribution in [2.45, 2.75) is 24.4 Å². The van der Waals surface area contributed by atoms with Gasteiger partial charge in [-0.15, -0.1) is 28.1 Å². The second kappa shape index (κ2) is 5.82. The molecule has 0 bridgehead atoms. The molecule has 108 valence electrons. The van der Waals surface area contributed by atoms with E-state index in [-0.39, 0.29) is 5.56 Å². The van der Waals surface area contributed by atoms with E-state index in [1.54, 1.807) is 23.6 Å². The molecule has 0 aromatic carbocycles. The van der Waals surface area contributed by atoms with Crippen LogP contribution in [0.1, 0.15) is 11.8 Å². The number of allylic oxidation sites excluding steroid dienone is 1. The lowest BCUT2D eigenvalue weighted by molar-refractivity contribution is 0.485. The Morgan fingerprint density at radius 3 is 3.10 bits per heavy atom. The fourth-order valence-electron chi connectivity index (χ4n) is 1.85. The first-order valence-electron chi connectivity index (χ1n) is 6.19. The second-order valence-corrected chi connectivity index (χ2v) is 6.08. The fraction of sp³-hybridized carbons (Fsp3) is 0.231. The molecule has 0 fully saturated rings. The molecule has 6 nitrogen and oxygen atoms in total. The lowest BCUT2D eigenvalue weighted by Gasteiger charge is -2.08. The maximum Gasteiger partial charge on any atom is 0.263 e. The molecule has 0 amide bonds. The molecule has 0 saturated carbocycles. The Bertz CT molecular complexity index is 849. The van der Waals surface area contributed by atoms with Crippen molar-refractivity contribution in [2.75, 3.05) is 0 Å². The SMILES string of the molecule is C=CCn1c(SCc2nnc(C)o2)nc2sccc2c1=O. The van der Waals surface area contributed by atoms with Gasteiger partial charge in [0.15, 0.2) is 5.16 Å². The summed E-state index contributed by atoms with van der Waals surface area (Å²) in [5, 5.41) is 10.9. The quantitative estimate of drug-likeness (QED) is 0.409. The summed E-state index contributed by atoms with van der Waals surface area (Å²) in [7, 11) is 0. The number of fused-ring (bicyclic) bond motifs is 1. The first-order chi connectivity index (χ1) is 10.2. The zero-order valence-electron chi connectivity index (χ0n) is 11.3. The largest absolute Gasteiger partial charge is 0.425 e.